The molecule has 0 spiro atoms. The van der Waals surface area contributed by atoms with Crippen LogP contribution in [0.1, 0.15) is 39.5 Å². The highest BCUT2D eigenvalue weighted by Gasteiger charge is 2.44. The molecule has 114 valence electrons. The number of hydrazine groups is 1. The molecule has 0 aromatic heterocycles. The van der Waals surface area contributed by atoms with Crippen LogP contribution in [0.15, 0.2) is 0 Å². The van der Waals surface area contributed by atoms with Crippen molar-refractivity contribution in [1.29, 1.82) is 0 Å². The van der Waals surface area contributed by atoms with Crippen LogP contribution in [0.2, 0.25) is 0 Å². The van der Waals surface area contributed by atoms with E-state index in [1.165, 1.54) is 0 Å². The summed E-state index contributed by atoms with van der Waals surface area (Å²) >= 11 is 0. The van der Waals surface area contributed by atoms with Gasteiger partial charge in [-0.15, -0.1) is 0 Å². The summed E-state index contributed by atoms with van der Waals surface area (Å²) in [7, 11) is 0. The molecule has 20 heavy (non-hydrogen) atoms. The number of piperidine rings is 1. The Morgan fingerprint density at radius 2 is 1.95 bits per heavy atom. The summed E-state index contributed by atoms with van der Waals surface area (Å²) in [5.41, 5.74) is 1.49. The maximum absolute atomic E-state index is 12.1. The third-order valence-electron chi connectivity index (χ3n) is 4.21. The molecule has 2 amide bonds. The molecule has 0 aromatic carbocycles. The van der Waals surface area contributed by atoms with Crippen molar-refractivity contribution in [3.05, 3.63) is 0 Å². The lowest BCUT2D eigenvalue weighted by Crippen LogP contribution is -2.62. The Labute approximate surface area is 118 Å². The number of carbonyl (C=O) groups is 2. The van der Waals surface area contributed by atoms with E-state index in [2.05, 4.69) is 24.6 Å². The second-order valence-corrected chi connectivity index (χ2v) is 5.79. The van der Waals surface area contributed by atoms with Crippen molar-refractivity contribution in [2.45, 2.75) is 57.2 Å². The van der Waals surface area contributed by atoms with Crippen molar-refractivity contribution in [2.24, 2.45) is 0 Å². The Kier molecular flexibility index (Phi) is 4.49. The summed E-state index contributed by atoms with van der Waals surface area (Å²) < 4.78 is 5.12. The Hall–Kier alpha value is -1.34. The SMILES string of the molecule is CC1CCCC(C)N1NC(=O)NC1(C(=O)O)CCOC1. The molecule has 7 nitrogen and oxygen atoms in total. The number of nitrogens with one attached hydrogen (secondary N) is 2. The number of nitrogens with zero attached hydrogens (tertiary/aromatic N) is 1. The number of hydrogen-bond acceptors (Lipinski definition) is 4. The number of aliphatic carboxylic acids is 1. The molecule has 2 rings (SSSR count). The van der Waals surface area contributed by atoms with Crippen LogP contribution in [0.3, 0.4) is 0 Å². The minimum absolute atomic E-state index is 0.0147. The molecule has 2 aliphatic heterocycles. The zero-order chi connectivity index (χ0) is 14.8. The molecular formula is C13H23N3O4. The van der Waals surface area contributed by atoms with Gasteiger partial charge in [-0.3, -0.25) is 5.43 Å². The van der Waals surface area contributed by atoms with Crippen molar-refractivity contribution in [2.75, 3.05) is 13.2 Å². The number of urea groups is 1. The van der Waals surface area contributed by atoms with Gasteiger partial charge >= 0.3 is 12.0 Å². The van der Waals surface area contributed by atoms with E-state index in [-0.39, 0.29) is 18.7 Å². The molecule has 2 heterocycles. The highest BCUT2D eigenvalue weighted by molar-refractivity contribution is 5.86. The standard InChI is InChI=1S/C13H23N3O4/c1-9-4-3-5-10(2)16(9)15-12(19)14-13(11(17)18)6-7-20-8-13/h9-10H,3-8H2,1-2H3,(H,17,18)(H2,14,15,19). The van der Waals surface area contributed by atoms with E-state index in [4.69, 9.17) is 4.74 Å². The molecule has 2 saturated heterocycles. The topological polar surface area (TPSA) is 90.9 Å². The molecule has 0 bridgehead atoms. The van der Waals surface area contributed by atoms with E-state index in [0.717, 1.165) is 19.3 Å². The first-order chi connectivity index (χ1) is 9.44. The van der Waals surface area contributed by atoms with Gasteiger partial charge in [-0.25, -0.2) is 14.6 Å². The Bertz CT molecular complexity index is 372. The number of ether oxygens (including phenoxy) is 1. The summed E-state index contributed by atoms with van der Waals surface area (Å²) in [5.74, 6) is -1.05. The predicted octanol–water partition coefficient (Wildman–Crippen LogP) is 0.707. The highest BCUT2D eigenvalue weighted by Crippen LogP contribution is 2.21. The van der Waals surface area contributed by atoms with Gasteiger partial charge in [0.25, 0.3) is 0 Å². The van der Waals surface area contributed by atoms with Gasteiger partial charge < -0.3 is 15.2 Å². The Morgan fingerprint density at radius 3 is 2.45 bits per heavy atom. The van der Waals surface area contributed by atoms with E-state index in [1.54, 1.807) is 0 Å². The number of amides is 2. The lowest BCUT2D eigenvalue weighted by molar-refractivity contribution is -0.144. The minimum atomic E-state index is -1.30. The molecule has 2 aliphatic rings. The third kappa shape index (κ3) is 3.04. The third-order valence-corrected chi connectivity index (χ3v) is 4.21. The van der Waals surface area contributed by atoms with Crippen LogP contribution in [-0.4, -0.2) is 53.0 Å². The van der Waals surface area contributed by atoms with E-state index in [0.29, 0.717) is 13.0 Å². The van der Waals surface area contributed by atoms with E-state index in [9.17, 15) is 14.7 Å². The van der Waals surface area contributed by atoms with Gasteiger partial charge in [0.1, 0.15) is 0 Å². The van der Waals surface area contributed by atoms with Crippen LogP contribution in [0.25, 0.3) is 0 Å². The van der Waals surface area contributed by atoms with Gasteiger partial charge in [0.2, 0.25) is 0 Å². The fourth-order valence-corrected chi connectivity index (χ4v) is 2.89. The van der Waals surface area contributed by atoms with Crippen LogP contribution in [-0.2, 0) is 9.53 Å². The molecule has 0 aliphatic carbocycles. The van der Waals surface area contributed by atoms with E-state index >= 15 is 0 Å². The average Bonchev–Trinajstić information content (AvgIpc) is 2.84. The van der Waals surface area contributed by atoms with Gasteiger partial charge in [-0.05, 0) is 26.7 Å². The van der Waals surface area contributed by atoms with Crippen molar-refractivity contribution in [1.82, 2.24) is 15.8 Å². The minimum Gasteiger partial charge on any atom is -0.479 e. The number of carboxylic acids is 1. The van der Waals surface area contributed by atoms with E-state index < -0.39 is 17.5 Å². The predicted molar refractivity (Wildman–Crippen MR) is 72.1 cm³/mol. The smallest absolute Gasteiger partial charge is 0.332 e. The largest absolute Gasteiger partial charge is 0.479 e. The van der Waals surface area contributed by atoms with Gasteiger partial charge in [0, 0.05) is 25.1 Å². The maximum atomic E-state index is 12.1. The zero-order valence-corrected chi connectivity index (χ0v) is 12.0. The number of rotatable bonds is 3. The van der Waals surface area contributed by atoms with Gasteiger partial charge in [-0.1, -0.05) is 6.42 Å². The molecule has 3 unspecified atom stereocenters. The molecule has 0 radical (unpaired) electrons. The van der Waals surface area contributed by atoms with Gasteiger partial charge in [0.15, 0.2) is 5.54 Å². The summed E-state index contributed by atoms with van der Waals surface area (Å²) in [4.78, 5) is 23.4. The fourth-order valence-electron chi connectivity index (χ4n) is 2.89. The molecule has 0 aromatic rings. The Balaban J connectivity index is 1.96. The summed E-state index contributed by atoms with van der Waals surface area (Å²) in [5, 5.41) is 13.8. The van der Waals surface area contributed by atoms with Crippen LogP contribution in [0.4, 0.5) is 4.79 Å². The fraction of sp³-hybridized carbons (Fsp3) is 0.846. The molecule has 2 fully saturated rings. The Morgan fingerprint density at radius 1 is 1.30 bits per heavy atom. The normalized spacial score (nSPS) is 34.7. The summed E-state index contributed by atoms with van der Waals surface area (Å²) in [6.45, 7) is 4.48. The number of carboxylic acid groups (broad SMARTS) is 1. The first-order valence-corrected chi connectivity index (χ1v) is 7.13. The summed E-state index contributed by atoms with van der Waals surface area (Å²) in [6, 6.07) is 0.0358. The average molecular weight is 285 g/mol. The van der Waals surface area contributed by atoms with Crippen LogP contribution >= 0.6 is 0 Å². The quantitative estimate of drug-likeness (QED) is 0.710. The second-order valence-electron chi connectivity index (χ2n) is 5.79. The van der Waals surface area contributed by atoms with Crippen LogP contribution in [0.5, 0.6) is 0 Å². The van der Waals surface area contributed by atoms with Gasteiger partial charge in [-0.2, -0.15) is 0 Å². The monoisotopic (exact) mass is 285 g/mol. The zero-order valence-electron chi connectivity index (χ0n) is 12.0. The summed E-state index contributed by atoms with van der Waals surface area (Å²) in [6.07, 6.45) is 3.49. The van der Waals surface area contributed by atoms with Gasteiger partial charge in [0.05, 0.1) is 6.61 Å². The molecular weight excluding hydrogens is 262 g/mol. The van der Waals surface area contributed by atoms with Crippen molar-refractivity contribution in [3.8, 4) is 0 Å². The first-order valence-electron chi connectivity index (χ1n) is 7.13. The van der Waals surface area contributed by atoms with Crippen LogP contribution in [0, 0.1) is 0 Å². The number of carbonyl (C=O) groups excluding carboxylic acids is 1. The molecule has 3 atom stereocenters. The molecule has 0 saturated carbocycles. The lowest BCUT2D eigenvalue weighted by atomic mass is 9.99. The molecule has 7 heteroatoms. The highest BCUT2D eigenvalue weighted by atomic mass is 16.5. The maximum Gasteiger partial charge on any atom is 0.332 e. The first kappa shape index (κ1) is 15.1. The second kappa shape index (κ2) is 5.97. The van der Waals surface area contributed by atoms with Crippen molar-refractivity contribution < 1.29 is 19.4 Å². The van der Waals surface area contributed by atoms with Crippen molar-refractivity contribution in [3.63, 3.8) is 0 Å². The van der Waals surface area contributed by atoms with Crippen molar-refractivity contribution >= 4 is 12.0 Å². The van der Waals surface area contributed by atoms with Crippen LogP contribution < -0.4 is 10.7 Å². The van der Waals surface area contributed by atoms with E-state index in [1.807, 2.05) is 5.01 Å². The number of hydrogen-bond donors (Lipinski definition) is 3. The lowest BCUT2D eigenvalue weighted by Gasteiger charge is -2.39. The molecule has 3 N–H and O–H groups in total.